The third-order valence-electron chi connectivity index (χ3n) is 3.78. The predicted molar refractivity (Wildman–Crippen MR) is 87.3 cm³/mol. The number of hydrogen-bond acceptors (Lipinski definition) is 3. The molecule has 23 heavy (non-hydrogen) atoms. The van der Waals surface area contributed by atoms with Crippen LogP contribution in [0.3, 0.4) is 0 Å². The summed E-state index contributed by atoms with van der Waals surface area (Å²) in [6, 6.07) is 15.2. The monoisotopic (exact) mass is 307 g/mol. The minimum Gasteiger partial charge on any atom is -0.478 e. The standard InChI is InChI=1S/C18H17N3O2/c1-2-13-6-8-15(9-7-13)17-11-19-20-21(17)12-14-4-3-5-16(10-14)18(22)23/h3-11H,2,12H2,1H3,(H,22,23). The lowest BCUT2D eigenvalue weighted by atomic mass is 10.1. The molecule has 0 radical (unpaired) electrons. The van der Waals surface area contributed by atoms with E-state index in [0.29, 0.717) is 6.54 Å². The molecular weight excluding hydrogens is 290 g/mol. The summed E-state index contributed by atoms with van der Waals surface area (Å²) in [5.74, 6) is -0.930. The normalized spacial score (nSPS) is 10.7. The first-order chi connectivity index (χ1) is 11.2. The van der Waals surface area contributed by atoms with E-state index in [1.165, 1.54) is 5.56 Å². The number of aromatic carboxylic acids is 1. The maximum absolute atomic E-state index is 11.1. The first-order valence-corrected chi connectivity index (χ1v) is 7.47. The second-order valence-electron chi connectivity index (χ2n) is 5.33. The molecule has 1 aromatic heterocycles. The Morgan fingerprint density at radius 3 is 2.61 bits per heavy atom. The molecule has 2 aromatic carbocycles. The minimum absolute atomic E-state index is 0.275. The fraction of sp³-hybridized carbons (Fsp3) is 0.167. The molecule has 0 aliphatic carbocycles. The summed E-state index contributed by atoms with van der Waals surface area (Å²) in [5.41, 5.74) is 4.38. The van der Waals surface area contributed by atoms with Gasteiger partial charge in [-0.05, 0) is 29.7 Å². The van der Waals surface area contributed by atoms with Gasteiger partial charge in [-0.25, -0.2) is 9.48 Å². The van der Waals surface area contributed by atoms with E-state index in [0.717, 1.165) is 23.2 Å². The molecule has 3 rings (SSSR count). The van der Waals surface area contributed by atoms with E-state index in [1.54, 1.807) is 29.1 Å². The van der Waals surface area contributed by atoms with E-state index >= 15 is 0 Å². The van der Waals surface area contributed by atoms with Crippen LogP contribution in [0.5, 0.6) is 0 Å². The summed E-state index contributed by atoms with van der Waals surface area (Å²) in [4.78, 5) is 11.1. The Balaban J connectivity index is 1.88. The Morgan fingerprint density at radius 1 is 1.13 bits per heavy atom. The molecule has 116 valence electrons. The van der Waals surface area contributed by atoms with Crippen LogP contribution in [0.4, 0.5) is 0 Å². The Hall–Kier alpha value is -2.95. The molecule has 0 atom stereocenters. The van der Waals surface area contributed by atoms with E-state index in [-0.39, 0.29) is 5.56 Å². The highest BCUT2D eigenvalue weighted by molar-refractivity contribution is 5.87. The van der Waals surface area contributed by atoms with Crippen LogP contribution in [0.15, 0.2) is 54.7 Å². The van der Waals surface area contributed by atoms with E-state index in [9.17, 15) is 4.79 Å². The molecule has 1 N–H and O–H groups in total. The summed E-state index contributed by atoms with van der Waals surface area (Å²) in [5, 5.41) is 17.2. The predicted octanol–water partition coefficient (Wildman–Crippen LogP) is 3.25. The van der Waals surface area contributed by atoms with Crippen LogP contribution in [0.25, 0.3) is 11.3 Å². The average molecular weight is 307 g/mol. The zero-order chi connectivity index (χ0) is 16.2. The van der Waals surface area contributed by atoms with Gasteiger partial charge in [-0.1, -0.05) is 48.5 Å². The van der Waals surface area contributed by atoms with Gasteiger partial charge in [-0.3, -0.25) is 0 Å². The van der Waals surface area contributed by atoms with Crippen molar-refractivity contribution >= 4 is 5.97 Å². The zero-order valence-corrected chi connectivity index (χ0v) is 12.8. The lowest BCUT2D eigenvalue weighted by Gasteiger charge is -2.08. The number of hydrogen-bond donors (Lipinski definition) is 1. The van der Waals surface area contributed by atoms with Crippen LogP contribution in [0, 0.1) is 0 Å². The van der Waals surface area contributed by atoms with E-state index in [4.69, 9.17) is 5.11 Å². The lowest BCUT2D eigenvalue weighted by molar-refractivity contribution is 0.0696. The fourth-order valence-electron chi connectivity index (χ4n) is 2.48. The molecule has 5 nitrogen and oxygen atoms in total. The summed E-state index contributed by atoms with van der Waals surface area (Å²) in [6.45, 7) is 2.60. The third-order valence-corrected chi connectivity index (χ3v) is 3.78. The number of benzene rings is 2. The van der Waals surface area contributed by atoms with Crippen molar-refractivity contribution in [2.24, 2.45) is 0 Å². The second-order valence-corrected chi connectivity index (χ2v) is 5.33. The zero-order valence-electron chi connectivity index (χ0n) is 12.8. The summed E-state index contributed by atoms with van der Waals surface area (Å²) >= 11 is 0. The molecule has 0 aliphatic heterocycles. The van der Waals surface area contributed by atoms with E-state index in [1.807, 2.05) is 6.07 Å². The number of nitrogens with zero attached hydrogens (tertiary/aromatic N) is 3. The highest BCUT2D eigenvalue weighted by Crippen LogP contribution is 2.20. The number of aryl methyl sites for hydroxylation is 1. The van der Waals surface area contributed by atoms with Gasteiger partial charge in [0.1, 0.15) is 0 Å². The largest absolute Gasteiger partial charge is 0.478 e. The van der Waals surface area contributed by atoms with Crippen LogP contribution < -0.4 is 0 Å². The lowest BCUT2D eigenvalue weighted by Crippen LogP contribution is -2.05. The Kier molecular flexibility index (Phi) is 4.19. The summed E-state index contributed by atoms with van der Waals surface area (Å²) < 4.78 is 1.78. The first-order valence-electron chi connectivity index (χ1n) is 7.47. The molecule has 3 aromatic rings. The van der Waals surface area contributed by atoms with Crippen LogP contribution in [0.2, 0.25) is 0 Å². The van der Waals surface area contributed by atoms with Crippen molar-refractivity contribution in [1.82, 2.24) is 15.0 Å². The summed E-state index contributed by atoms with van der Waals surface area (Å²) in [7, 11) is 0. The van der Waals surface area contributed by atoms with Crippen molar-refractivity contribution in [3.05, 3.63) is 71.4 Å². The van der Waals surface area contributed by atoms with Crippen molar-refractivity contribution in [3.8, 4) is 11.3 Å². The minimum atomic E-state index is -0.930. The van der Waals surface area contributed by atoms with Crippen LogP contribution in [0.1, 0.15) is 28.4 Å². The number of carboxylic acid groups (broad SMARTS) is 1. The van der Waals surface area contributed by atoms with E-state index in [2.05, 4.69) is 41.5 Å². The molecular formula is C18H17N3O2. The maximum atomic E-state index is 11.1. The smallest absolute Gasteiger partial charge is 0.335 e. The van der Waals surface area contributed by atoms with Gasteiger partial charge >= 0.3 is 5.97 Å². The number of carbonyl (C=O) groups is 1. The van der Waals surface area contributed by atoms with Gasteiger partial charge in [-0.2, -0.15) is 0 Å². The molecule has 0 saturated heterocycles. The van der Waals surface area contributed by atoms with Gasteiger partial charge in [0.25, 0.3) is 0 Å². The van der Waals surface area contributed by atoms with Crippen LogP contribution >= 0.6 is 0 Å². The van der Waals surface area contributed by atoms with Crippen LogP contribution in [-0.2, 0) is 13.0 Å². The average Bonchev–Trinajstić information content (AvgIpc) is 3.03. The molecule has 0 unspecified atom stereocenters. The van der Waals surface area contributed by atoms with Crippen molar-refractivity contribution in [2.45, 2.75) is 19.9 Å². The molecule has 0 amide bonds. The Morgan fingerprint density at radius 2 is 1.91 bits per heavy atom. The quantitative estimate of drug-likeness (QED) is 0.785. The molecule has 5 heteroatoms. The summed E-state index contributed by atoms with van der Waals surface area (Å²) in [6.07, 6.45) is 2.72. The molecule has 0 saturated carbocycles. The highest BCUT2D eigenvalue weighted by Gasteiger charge is 2.09. The molecule has 0 aliphatic rings. The molecule has 1 heterocycles. The maximum Gasteiger partial charge on any atom is 0.335 e. The van der Waals surface area contributed by atoms with Gasteiger partial charge in [0.2, 0.25) is 0 Å². The van der Waals surface area contributed by atoms with Crippen molar-refractivity contribution < 1.29 is 9.90 Å². The second kappa shape index (κ2) is 6.44. The van der Waals surface area contributed by atoms with Crippen molar-refractivity contribution in [3.63, 3.8) is 0 Å². The Bertz CT molecular complexity index is 822. The third kappa shape index (κ3) is 3.29. The van der Waals surface area contributed by atoms with Gasteiger partial charge in [0.05, 0.1) is 24.0 Å². The van der Waals surface area contributed by atoms with Gasteiger partial charge in [0, 0.05) is 5.56 Å². The SMILES string of the molecule is CCc1ccc(-c2cnnn2Cc2cccc(C(=O)O)c2)cc1. The first kappa shape index (κ1) is 15.0. The van der Waals surface area contributed by atoms with Gasteiger partial charge in [-0.15, -0.1) is 5.10 Å². The number of carboxylic acids is 1. The number of aromatic nitrogens is 3. The van der Waals surface area contributed by atoms with Gasteiger partial charge < -0.3 is 5.11 Å². The topological polar surface area (TPSA) is 68.0 Å². The van der Waals surface area contributed by atoms with E-state index < -0.39 is 5.97 Å². The fourth-order valence-corrected chi connectivity index (χ4v) is 2.48. The van der Waals surface area contributed by atoms with Crippen molar-refractivity contribution in [1.29, 1.82) is 0 Å². The van der Waals surface area contributed by atoms with Crippen LogP contribution in [-0.4, -0.2) is 26.1 Å². The Labute approximate surface area is 134 Å². The van der Waals surface area contributed by atoms with Crippen molar-refractivity contribution in [2.75, 3.05) is 0 Å². The highest BCUT2D eigenvalue weighted by atomic mass is 16.4. The molecule has 0 bridgehead atoms. The number of rotatable bonds is 5. The molecule has 0 fully saturated rings. The molecule has 0 spiro atoms. The van der Waals surface area contributed by atoms with Gasteiger partial charge in [0.15, 0.2) is 0 Å².